The molecule has 2 N–H and O–H groups in total. The Hall–Kier alpha value is -1.46. The van der Waals surface area contributed by atoms with Crippen molar-refractivity contribution in [1.29, 1.82) is 0 Å². The van der Waals surface area contributed by atoms with Crippen LogP contribution in [0.4, 0.5) is 10.1 Å². The van der Waals surface area contributed by atoms with Gasteiger partial charge in [-0.2, -0.15) is 0 Å². The number of anilines is 1. The molecule has 1 aliphatic heterocycles. The molecule has 104 valence electrons. The first-order valence-electron chi connectivity index (χ1n) is 6.53. The maximum Gasteiger partial charge on any atom is 0.238 e. The van der Waals surface area contributed by atoms with Crippen molar-refractivity contribution in [2.45, 2.75) is 25.9 Å². The van der Waals surface area contributed by atoms with Crippen molar-refractivity contribution in [2.75, 3.05) is 25.0 Å². The lowest BCUT2D eigenvalue weighted by molar-refractivity contribution is -0.115. The fourth-order valence-corrected chi connectivity index (χ4v) is 2.08. The van der Waals surface area contributed by atoms with Crippen LogP contribution in [0.5, 0.6) is 0 Å². The summed E-state index contributed by atoms with van der Waals surface area (Å²) in [4.78, 5) is 11.7. The molecule has 0 aromatic heterocycles. The van der Waals surface area contributed by atoms with E-state index in [-0.39, 0.29) is 24.4 Å². The van der Waals surface area contributed by atoms with Gasteiger partial charge in [0, 0.05) is 18.8 Å². The number of carbonyl (C=O) groups excluding carboxylic acids is 1. The number of halogens is 1. The topological polar surface area (TPSA) is 50.4 Å². The Morgan fingerprint density at radius 1 is 1.53 bits per heavy atom. The molecule has 1 saturated heterocycles. The number of ether oxygens (including phenoxy) is 1. The number of aryl methyl sites for hydroxylation is 1. The van der Waals surface area contributed by atoms with Gasteiger partial charge in [-0.05, 0) is 37.5 Å². The second-order valence-corrected chi connectivity index (χ2v) is 4.77. The normalized spacial score (nSPS) is 18.5. The Kier molecular flexibility index (Phi) is 4.87. The van der Waals surface area contributed by atoms with Crippen LogP contribution in [-0.2, 0) is 9.53 Å². The summed E-state index contributed by atoms with van der Waals surface area (Å²) in [7, 11) is 0. The Morgan fingerprint density at radius 3 is 3.11 bits per heavy atom. The summed E-state index contributed by atoms with van der Waals surface area (Å²) in [5.74, 6) is -0.528. The minimum absolute atomic E-state index is 0.174. The lowest BCUT2D eigenvalue weighted by Gasteiger charge is -2.12. The van der Waals surface area contributed by atoms with Crippen LogP contribution in [0, 0.1) is 12.7 Å². The smallest absolute Gasteiger partial charge is 0.238 e. The Labute approximate surface area is 112 Å². The Morgan fingerprint density at radius 2 is 2.37 bits per heavy atom. The van der Waals surface area contributed by atoms with Crippen molar-refractivity contribution in [3.8, 4) is 0 Å². The number of amides is 1. The van der Waals surface area contributed by atoms with Crippen LogP contribution in [0.15, 0.2) is 18.2 Å². The van der Waals surface area contributed by atoms with Crippen LogP contribution < -0.4 is 10.6 Å². The fraction of sp³-hybridized carbons (Fsp3) is 0.500. The molecule has 0 bridgehead atoms. The molecule has 1 aliphatic rings. The second kappa shape index (κ2) is 6.63. The lowest BCUT2D eigenvalue weighted by Crippen LogP contribution is -2.33. The van der Waals surface area contributed by atoms with Gasteiger partial charge in [-0.15, -0.1) is 0 Å². The molecule has 1 heterocycles. The molecule has 0 spiro atoms. The van der Waals surface area contributed by atoms with Crippen LogP contribution in [-0.4, -0.2) is 31.7 Å². The van der Waals surface area contributed by atoms with Gasteiger partial charge in [0.2, 0.25) is 5.91 Å². The van der Waals surface area contributed by atoms with E-state index in [1.165, 1.54) is 12.1 Å². The van der Waals surface area contributed by atoms with Crippen LogP contribution >= 0.6 is 0 Å². The maximum atomic E-state index is 13.1. The summed E-state index contributed by atoms with van der Waals surface area (Å²) >= 11 is 0. The van der Waals surface area contributed by atoms with Crippen molar-refractivity contribution >= 4 is 11.6 Å². The number of carbonyl (C=O) groups is 1. The molecule has 1 fully saturated rings. The number of hydrogen-bond donors (Lipinski definition) is 2. The third-order valence-electron chi connectivity index (χ3n) is 3.16. The van der Waals surface area contributed by atoms with Gasteiger partial charge >= 0.3 is 0 Å². The fourth-order valence-electron chi connectivity index (χ4n) is 2.08. The van der Waals surface area contributed by atoms with Gasteiger partial charge in [-0.1, -0.05) is 6.07 Å². The van der Waals surface area contributed by atoms with Gasteiger partial charge in [0.05, 0.1) is 12.6 Å². The standard InChI is InChI=1S/C14H19FN2O2/c1-10-4-5-11(15)7-13(10)17-14(18)9-16-8-12-3-2-6-19-12/h4-5,7,12,16H,2-3,6,8-9H2,1H3,(H,17,18). The van der Waals surface area contributed by atoms with Crippen molar-refractivity contribution < 1.29 is 13.9 Å². The van der Waals surface area contributed by atoms with E-state index in [9.17, 15) is 9.18 Å². The number of nitrogens with one attached hydrogen (secondary N) is 2. The van der Waals surface area contributed by atoms with E-state index in [1.54, 1.807) is 6.07 Å². The number of hydrogen-bond acceptors (Lipinski definition) is 3. The molecule has 0 saturated carbocycles. The van der Waals surface area contributed by atoms with E-state index in [0.29, 0.717) is 12.2 Å². The third-order valence-corrected chi connectivity index (χ3v) is 3.16. The van der Waals surface area contributed by atoms with Gasteiger partial charge in [0.25, 0.3) is 0 Å². The van der Waals surface area contributed by atoms with Crippen LogP contribution in [0.1, 0.15) is 18.4 Å². The summed E-state index contributed by atoms with van der Waals surface area (Å²) in [6, 6.07) is 4.35. The molecule has 1 atom stereocenters. The van der Waals surface area contributed by atoms with Crippen molar-refractivity contribution in [1.82, 2.24) is 5.32 Å². The maximum absolute atomic E-state index is 13.1. The molecule has 5 heteroatoms. The zero-order chi connectivity index (χ0) is 13.7. The summed E-state index contributed by atoms with van der Waals surface area (Å²) in [5, 5.41) is 5.74. The number of rotatable bonds is 5. The summed E-state index contributed by atoms with van der Waals surface area (Å²) in [6.07, 6.45) is 2.34. The highest BCUT2D eigenvalue weighted by molar-refractivity contribution is 5.92. The van der Waals surface area contributed by atoms with Crippen molar-refractivity contribution in [2.24, 2.45) is 0 Å². The first-order valence-corrected chi connectivity index (χ1v) is 6.53. The Bertz CT molecular complexity index is 445. The molecule has 1 unspecified atom stereocenters. The van der Waals surface area contributed by atoms with E-state index in [0.717, 1.165) is 25.0 Å². The minimum Gasteiger partial charge on any atom is -0.377 e. The monoisotopic (exact) mass is 266 g/mol. The first kappa shape index (κ1) is 14.0. The average molecular weight is 266 g/mol. The Balaban J connectivity index is 1.75. The molecule has 0 aliphatic carbocycles. The highest BCUT2D eigenvalue weighted by Gasteiger charge is 2.15. The van der Waals surface area contributed by atoms with E-state index < -0.39 is 0 Å². The summed E-state index contributed by atoms with van der Waals surface area (Å²) in [5.41, 5.74) is 1.36. The van der Waals surface area contributed by atoms with E-state index in [1.807, 2.05) is 6.92 Å². The zero-order valence-corrected chi connectivity index (χ0v) is 11.0. The molecule has 2 rings (SSSR count). The quantitative estimate of drug-likeness (QED) is 0.855. The molecule has 1 aromatic carbocycles. The largest absolute Gasteiger partial charge is 0.377 e. The molecule has 1 amide bonds. The SMILES string of the molecule is Cc1ccc(F)cc1NC(=O)CNCC1CCCO1. The van der Waals surface area contributed by atoms with Gasteiger partial charge in [-0.3, -0.25) is 4.79 Å². The predicted octanol–water partition coefficient (Wildman–Crippen LogP) is 1.84. The van der Waals surface area contributed by atoms with E-state index in [2.05, 4.69) is 10.6 Å². The minimum atomic E-state index is -0.354. The first-order chi connectivity index (χ1) is 9.15. The van der Waals surface area contributed by atoms with Crippen LogP contribution in [0.3, 0.4) is 0 Å². The second-order valence-electron chi connectivity index (χ2n) is 4.77. The third kappa shape index (κ3) is 4.29. The molecule has 0 radical (unpaired) electrons. The van der Waals surface area contributed by atoms with E-state index in [4.69, 9.17) is 4.74 Å². The van der Waals surface area contributed by atoms with Gasteiger partial charge < -0.3 is 15.4 Å². The van der Waals surface area contributed by atoms with E-state index >= 15 is 0 Å². The highest BCUT2D eigenvalue weighted by atomic mass is 19.1. The summed E-state index contributed by atoms with van der Waals surface area (Å²) in [6.45, 7) is 3.52. The molecule has 19 heavy (non-hydrogen) atoms. The molecule has 4 nitrogen and oxygen atoms in total. The summed E-state index contributed by atoms with van der Waals surface area (Å²) < 4.78 is 18.5. The zero-order valence-electron chi connectivity index (χ0n) is 11.0. The highest BCUT2D eigenvalue weighted by Crippen LogP contribution is 2.15. The molecule has 1 aromatic rings. The molecular weight excluding hydrogens is 247 g/mol. The lowest BCUT2D eigenvalue weighted by atomic mass is 10.2. The van der Waals surface area contributed by atoms with Crippen molar-refractivity contribution in [3.05, 3.63) is 29.6 Å². The average Bonchev–Trinajstić information content (AvgIpc) is 2.87. The van der Waals surface area contributed by atoms with Crippen LogP contribution in [0.2, 0.25) is 0 Å². The van der Waals surface area contributed by atoms with Gasteiger partial charge in [0.1, 0.15) is 5.82 Å². The number of benzene rings is 1. The molecular formula is C14H19FN2O2. The van der Waals surface area contributed by atoms with Crippen molar-refractivity contribution in [3.63, 3.8) is 0 Å². The van der Waals surface area contributed by atoms with Crippen LogP contribution in [0.25, 0.3) is 0 Å². The van der Waals surface area contributed by atoms with Gasteiger partial charge in [-0.25, -0.2) is 4.39 Å². The van der Waals surface area contributed by atoms with Gasteiger partial charge in [0.15, 0.2) is 0 Å². The predicted molar refractivity (Wildman–Crippen MR) is 71.6 cm³/mol.